The third kappa shape index (κ3) is 14.7. The Bertz CT molecular complexity index is 4500. The van der Waals surface area contributed by atoms with Crippen LogP contribution in [0.1, 0.15) is 115 Å². The maximum atomic E-state index is 6.33. The zero-order valence-electron chi connectivity index (χ0n) is 45.9. The fourth-order valence-electron chi connectivity index (χ4n) is 9.78. The highest BCUT2D eigenvalue weighted by Gasteiger charge is 2.27. The van der Waals surface area contributed by atoms with Gasteiger partial charge in [-0.15, -0.1) is 0 Å². The number of nitrogens with zero attached hydrogens (tertiary/aromatic N) is 10. The van der Waals surface area contributed by atoms with Crippen molar-refractivity contribution in [2.24, 2.45) is 0 Å². The molecule has 2 aliphatic rings. The molecule has 2 aromatic carbocycles. The van der Waals surface area contributed by atoms with E-state index in [4.69, 9.17) is 73.3 Å². The summed E-state index contributed by atoms with van der Waals surface area (Å²) in [5, 5.41) is 21.3. The number of benzene rings is 2. The minimum absolute atomic E-state index is 0. The number of hydrogen-bond acceptors (Lipinski definition) is 15. The van der Waals surface area contributed by atoms with E-state index in [9.17, 15) is 0 Å². The van der Waals surface area contributed by atoms with Crippen molar-refractivity contribution in [2.75, 3.05) is 20.0 Å². The van der Waals surface area contributed by atoms with Crippen LogP contribution < -0.4 is 15.2 Å². The second-order valence-electron chi connectivity index (χ2n) is 19.0. The first-order valence-corrected chi connectivity index (χ1v) is 41.7. The lowest BCUT2D eigenvalue weighted by Crippen LogP contribution is -2.21. The third-order valence-corrected chi connectivity index (χ3v) is 36.5. The first-order chi connectivity index (χ1) is 39.6. The quantitative estimate of drug-likeness (QED) is 0.121. The van der Waals surface area contributed by atoms with Crippen molar-refractivity contribution in [2.45, 2.75) is 120 Å². The first kappa shape index (κ1) is 64.6. The van der Waals surface area contributed by atoms with Gasteiger partial charge < -0.3 is 34.2 Å². The molecule has 83 heavy (non-hydrogen) atoms. The van der Waals surface area contributed by atoms with Gasteiger partial charge in [-0.1, -0.05) is 29.3 Å². The van der Waals surface area contributed by atoms with E-state index < -0.39 is 0 Å². The molecule has 442 valence electrons. The number of aromatic amines is 2. The first-order valence-electron chi connectivity index (χ1n) is 25.3. The van der Waals surface area contributed by atoms with E-state index in [0.29, 0.717) is 35.1 Å². The van der Waals surface area contributed by atoms with Gasteiger partial charge in [0.25, 0.3) is 0 Å². The van der Waals surface area contributed by atoms with Gasteiger partial charge in [0.05, 0.1) is 72.3 Å². The molecule has 8 heterocycles. The van der Waals surface area contributed by atoms with Crippen LogP contribution in [0.15, 0.2) is 45.7 Å². The number of anilines is 1. The summed E-state index contributed by atoms with van der Waals surface area (Å²) in [5.41, 5.74) is 19.2. The fourth-order valence-corrected chi connectivity index (χ4v) is 34.8. The molecule has 0 bridgehead atoms. The van der Waals surface area contributed by atoms with Crippen LogP contribution >= 0.6 is 11.6 Å². The van der Waals surface area contributed by atoms with Crippen molar-refractivity contribution in [3.63, 3.8) is 0 Å². The second-order valence-corrected chi connectivity index (χ2v) is 38.9. The van der Waals surface area contributed by atoms with Gasteiger partial charge in [0.1, 0.15) is 56.9 Å². The predicted molar refractivity (Wildman–Crippen MR) is 370 cm³/mol. The molecule has 31 heteroatoms. The zero-order chi connectivity index (χ0) is 58.2. The summed E-state index contributed by atoms with van der Waals surface area (Å²) in [6.07, 6.45) is 12.0. The molecular formula is C52H60ClN13O4S13. The Morgan fingerprint density at radius 3 is 1.49 bits per heavy atom. The van der Waals surface area contributed by atoms with Crippen LogP contribution in [0.5, 0.6) is 11.5 Å². The molecule has 0 amide bonds. The molecular weight excluding hydrogens is 1320 g/mol. The van der Waals surface area contributed by atoms with E-state index in [-0.39, 0.29) is 7.43 Å². The Kier molecular flexibility index (Phi) is 23.2. The fraction of sp³-hybridized carbons (Fsp3) is 0.385. The van der Waals surface area contributed by atoms with Crippen LogP contribution in [-0.4, -0.2) is 74.0 Å². The SMILES string of the molecule is C.COc1cc2c(cc1-c1c(C)noc1C)[nH]c1nc(C)nc(Cc3c(C)cnn3C3CCC3)c12.COc1cc2c(cc1-c1c(C)noc1C)[nH]c1nc(C)nc(Cl)c12.Cc1cnn(C2CCC2)c1N.S=S=S=S=S=S=S=S=S=S=S=S=S. The lowest BCUT2D eigenvalue weighted by molar-refractivity contribution is 0.283. The summed E-state index contributed by atoms with van der Waals surface area (Å²) in [7, 11) is 21.4. The average Bonchev–Trinajstić information content (AvgIpc) is 4.47. The van der Waals surface area contributed by atoms with Crippen molar-refractivity contribution >= 4 is 181 Å². The minimum Gasteiger partial charge on any atom is -0.496 e. The Morgan fingerprint density at radius 1 is 0.614 bits per heavy atom. The van der Waals surface area contributed by atoms with Gasteiger partial charge in [0.15, 0.2) is 0 Å². The molecule has 8 aromatic heterocycles. The monoisotopic (exact) mass is 1380 g/mol. The molecule has 0 unspecified atom stereocenters. The Morgan fingerprint density at radius 2 is 1.06 bits per heavy atom. The number of ether oxygens (including phenoxy) is 2. The molecule has 2 saturated carbocycles. The molecule has 0 saturated heterocycles. The topological polar surface area (TPSA) is 215 Å². The van der Waals surface area contributed by atoms with Gasteiger partial charge in [-0.05, 0) is 124 Å². The molecule has 17 nitrogen and oxygen atoms in total. The van der Waals surface area contributed by atoms with Crippen molar-refractivity contribution in [1.82, 2.24) is 59.8 Å². The number of halogens is 1. The normalized spacial score (nSPS) is 12.7. The number of methoxy groups -OCH3 is 2. The molecule has 12 rings (SSSR count). The maximum Gasteiger partial charge on any atom is 0.143 e. The Balaban J connectivity index is 0.000000159. The summed E-state index contributed by atoms with van der Waals surface area (Å²) in [6.45, 7) is 15.6. The van der Waals surface area contributed by atoms with Crippen LogP contribution in [0, 0.1) is 55.4 Å². The highest BCUT2D eigenvalue weighted by molar-refractivity contribution is 8.75. The van der Waals surface area contributed by atoms with Crippen LogP contribution in [0.25, 0.3) is 66.1 Å². The molecule has 10 aromatic rings. The number of aromatic nitrogens is 12. The van der Waals surface area contributed by atoms with Crippen molar-refractivity contribution in [1.29, 1.82) is 0 Å². The van der Waals surface area contributed by atoms with Crippen LogP contribution in [0.3, 0.4) is 0 Å². The summed E-state index contributed by atoms with van der Waals surface area (Å²) in [5.74, 6) is 5.21. The van der Waals surface area contributed by atoms with E-state index in [1.807, 2.05) is 77.7 Å². The molecule has 0 spiro atoms. The van der Waals surface area contributed by atoms with E-state index in [1.54, 1.807) is 94.1 Å². The average molecular weight is 1380 g/mol. The van der Waals surface area contributed by atoms with E-state index in [1.165, 1.54) is 67.5 Å². The van der Waals surface area contributed by atoms with Gasteiger partial charge in [-0.3, -0.25) is 4.68 Å². The summed E-state index contributed by atoms with van der Waals surface area (Å²) in [6, 6.07) is 9.22. The molecule has 4 N–H and O–H groups in total. The molecule has 0 aliphatic heterocycles. The van der Waals surface area contributed by atoms with E-state index in [2.05, 4.69) is 59.1 Å². The third-order valence-electron chi connectivity index (χ3n) is 14.0. The number of nitrogen functional groups attached to an aromatic ring is 1. The molecule has 0 atom stereocenters. The number of rotatable bonds is 8. The largest absolute Gasteiger partial charge is 0.496 e. The van der Waals surface area contributed by atoms with Gasteiger partial charge >= 0.3 is 0 Å². The Labute approximate surface area is 526 Å². The molecule has 2 aliphatic carbocycles. The number of hydrogen-bond donors (Lipinski definition) is 3. The number of nitrogens with one attached hydrogen (secondary N) is 2. The minimum atomic E-state index is 0. The highest BCUT2D eigenvalue weighted by Crippen LogP contribution is 2.43. The number of H-pyrrole nitrogens is 2. The standard InChI is InChI=1S/C26H28N6O2.C17H15ClN4O2.C8H13N3.CH4.S13/c1-13-12-27-32(17-7-6-8-17)22(13)11-21-25-18-10-23(33-5)19(24-14(2)31-34-15(24)3)9-20(18)30-26(25)29-16(4)28-21;1-7-14(8(2)24-22-7)11-5-12-10(6-13(11)23-4)15-16(18)19-9(3)20-17(15)21-12;1-6-5-10-11(8(6)9)7-3-2-4-7;;1-3-5-7-9-11-13-12-10-8-6-4-2/h9-10,12,17H,6-8,11H2,1-5H3,(H,28,29,30);5-6H,1-4H3,(H,19,20,21);5,7H,2-4,9H2,1H3;1H4;. The number of nitrogens with two attached hydrogens (primary N) is 1. The van der Waals surface area contributed by atoms with Gasteiger partial charge in [-0.25, -0.2) is 24.6 Å². The van der Waals surface area contributed by atoms with Crippen LogP contribution in [0.4, 0.5) is 5.82 Å². The van der Waals surface area contributed by atoms with Crippen molar-refractivity contribution in [3.8, 4) is 33.8 Å². The number of aryl methyl sites for hydroxylation is 8. The second kappa shape index (κ2) is 29.8. The maximum absolute atomic E-state index is 6.33. The molecule has 0 radical (unpaired) electrons. The molecule has 2 fully saturated rings. The van der Waals surface area contributed by atoms with Crippen LogP contribution in [0.2, 0.25) is 5.15 Å². The lowest BCUT2D eigenvalue weighted by Gasteiger charge is -2.27. The smallest absolute Gasteiger partial charge is 0.143 e. The summed E-state index contributed by atoms with van der Waals surface area (Å²) >= 11 is 15.7. The Hall–Kier alpha value is -4.41. The van der Waals surface area contributed by atoms with Gasteiger partial charge in [-0.2, -0.15) is 10.2 Å². The summed E-state index contributed by atoms with van der Waals surface area (Å²) in [4.78, 5) is 25.2. The van der Waals surface area contributed by atoms with E-state index >= 15 is 0 Å². The van der Waals surface area contributed by atoms with Gasteiger partial charge in [0.2, 0.25) is 0 Å². The zero-order valence-corrected chi connectivity index (χ0v) is 57.3. The lowest BCUT2D eigenvalue weighted by atomic mass is 9.92. The van der Waals surface area contributed by atoms with Crippen molar-refractivity contribution < 1.29 is 18.5 Å². The van der Waals surface area contributed by atoms with Gasteiger partial charge in [0, 0.05) is 176 Å². The van der Waals surface area contributed by atoms with E-state index in [0.717, 1.165) is 118 Å². The highest BCUT2D eigenvalue weighted by atomic mass is 35.5. The predicted octanol–water partition coefficient (Wildman–Crippen LogP) is 12.0. The van der Waals surface area contributed by atoms with Crippen molar-refractivity contribution in [3.05, 3.63) is 98.9 Å². The number of fused-ring (bicyclic) bond motifs is 6. The van der Waals surface area contributed by atoms with Crippen LogP contribution in [-0.2, 0) is 126 Å². The summed E-state index contributed by atoms with van der Waals surface area (Å²) < 4.78 is 26.3.